The van der Waals surface area contributed by atoms with Gasteiger partial charge in [-0.25, -0.2) is 0 Å². The van der Waals surface area contributed by atoms with E-state index < -0.39 is 0 Å². The van der Waals surface area contributed by atoms with Gasteiger partial charge in [-0.1, -0.05) is 29.8 Å². The number of alkyl halides is 1. The summed E-state index contributed by atoms with van der Waals surface area (Å²) >= 11 is 3.48. The van der Waals surface area contributed by atoms with E-state index in [2.05, 4.69) is 29.8 Å². The van der Waals surface area contributed by atoms with Crippen LogP contribution in [0.5, 0.6) is 0 Å². The average molecular weight is 355 g/mol. The van der Waals surface area contributed by atoms with Gasteiger partial charge in [0.05, 0.1) is 4.92 Å². The van der Waals surface area contributed by atoms with E-state index in [0.717, 1.165) is 23.0 Å². The molecular weight excluding hydrogens is 336 g/mol. The van der Waals surface area contributed by atoms with Crippen molar-refractivity contribution in [3.8, 4) is 0 Å². The standard InChI is InChI=1S/C15H19BrN2O3/c1-15(2,9-16)10-17-13-7-6-12(18(20)21)8-11(13)4-3-5-14(17)19/h6-8H,3-5,9-10H2,1-2H3. The molecule has 1 aromatic rings. The number of amides is 1. The molecule has 6 heteroatoms. The fourth-order valence-corrected chi connectivity index (χ4v) is 2.67. The molecule has 0 saturated carbocycles. The second-order valence-electron chi connectivity index (χ2n) is 6.20. The number of nitrogens with zero attached hydrogens (tertiary/aromatic N) is 2. The number of rotatable bonds is 4. The molecule has 2 rings (SSSR count). The highest BCUT2D eigenvalue weighted by Gasteiger charge is 2.29. The lowest BCUT2D eigenvalue weighted by atomic mass is 9.95. The first-order valence-corrected chi connectivity index (χ1v) is 8.10. The number of aryl methyl sites for hydroxylation is 1. The monoisotopic (exact) mass is 354 g/mol. The van der Waals surface area contributed by atoms with Crippen LogP contribution < -0.4 is 4.90 Å². The van der Waals surface area contributed by atoms with Gasteiger partial charge in [0.25, 0.3) is 5.69 Å². The van der Waals surface area contributed by atoms with E-state index in [9.17, 15) is 14.9 Å². The lowest BCUT2D eigenvalue weighted by molar-refractivity contribution is -0.384. The predicted molar refractivity (Wildman–Crippen MR) is 86.0 cm³/mol. The molecule has 1 aliphatic heterocycles. The second kappa shape index (κ2) is 6.13. The van der Waals surface area contributed by atoms with Gasteiger partial charge < -0.3 is 4.90 Å². The first-order valence-electron chi connectivity index (χ1n) is 6.98. The van der Waals surface area contributed by atoms with Crippen LogP contribution in [0.4, 0.5) is 11.4 Å². The smallest absolute Gasteiger partial charge is 0.269 e. The quantitative estimate of drug-likeness (QED) is 0.470. The van der Waals surface area contributed by atoms with Crippen molar-refractivity contribution in [2.75, 3.05) is 16.8 Å². The summed E-state index contributed by atoms with van der Waals surface area (Å²) < 4.78 is 0. The van der Waals surface area contributed by atoms with Gasteiger partial charge in [-0.05, 0) is 29.9 Å². The number of nitro groups is 1. The maximum Gasteiger partial charge on any atom is 0.269 e. The molecule has 114 valence electrons. The highest BCUT2D eigenvalue weighted by molar-refractivity contribution is 9.09. The number of non-ortho nitro benzene ring substituents is 1. The molecule has 21 heavy (non-hydrogen) atoms. The van der Waals surface area contributed by atoms with E-state index in [1.54, 1.807) is 17.0 Å². The number of carbonyl (C=O) groups excluding carboxylic acids is 1. The van der Waals surface area contributed by atoms with Crippen LogP contribution in [0.3, 0.4) is 0 Å². The lowest BCUT2D eigenvalue weighted by Crippen LogP contribution is -2.39. The molecule has 1 aromatic carbocycles. The molecule has 0 aliphatic carbocycles. The summed E-state index contributed by atoms with van der Waals surface area (Å²) in [7, 11) is 0. The topological polar surface area (TPSA) is 63.5 Å². The third-order valence-corrected chi connectivity index (χ3v) is 5.17. The Balaban J connectivity index is 2.42. The lowest BCUT2D eigenvalue weighted by Gasteiger charge is -2.31. The minimum absolute atomic E-state index is 0.0565. The fourth-order valence-electron chi connectivity index (χ4n) is 2.49. The van der Waals surface area contributed by atoms with Crippen molar-refractivity contribution in [1.29, 1.82) is 0 Å². The van der Waals surface area contributed by atoms with Crippen LogP contribution in [0, 0.1) is 15.5 Å². The number of halogens is 1. The van der Waals surface area contributed by atoms with Crippen molar-refractivity contribution in [3.63, 3.8) is 0 Å². The summed E-state index contributed by atoms with van der Waals surface area (Å²) in [5, 5.41) is 11.7. The summed E-state index contributed by atoms with van der Waals surface area (Å²) in [6.07, 6.45) is 1.92. The molecule has 0 spiro atoms. The SMILES string of the molecule is CC(C)(CBr)CN1C(=O)CCCc2cc([N+](=O)[O-])ccc21. The minimum atomic E-state index is -0.389. The Morgan fingerprint density at radius 2 is 2.10 bits per heavy atom. The zero-order valence-electron chi connectivity index (χ0n) is 12.3. The van der Waals surface area contributed by atoms with Crippen molar-refractivity contribution < 1.29 is 9.72 Å². The number of hydrogen-bond acceptors (Lipinski definition) is 3. The Hall–Kier alpha value is -1.43. The molecular formula is C15H19BrN2O3. The maximum absolute atomic E-state index is 12.4. The molecule has 5 nitrogen and oxygen atoms in total. The molecule has 1 amide bonds. The van der Waals surface area contributed by atoms with Gasteiger partial charge in [-0.15, -0.1) is 0 Å². The Bertz CT molecular complexity index is 572. The van der Waals surface area contributed by atoms with Gasteiger partial charge in [0, 0.05) is 36.1 Å². The van der Waals surface area contributed by atoms with Gasteiger partial charge >= 0.3 is 0 Å². The van der Waals surface area contributed by atoms with Gasteiger partial charge in [0.2, 0.25) is 5.91 Å². The molecule has 0 unspecified atom stereocenters. The summed E-state index contributed by atoms with van der Waals surface area (Å²) in [6.45, 7) is 4.78. The zero-order chi connectivity index (χ0) is 15.6. The van der Waals surface area contributed by atoms with E-state index in [1.165, 1.54) is 6.07 Å². The highest BCUT2D eigenvalue weighted by Crippen LogP contribution is 2.33. The van der Waals surface area contributed by atoms with Crippen LogP contribution in [0.2, 0.25) is 0 Å². The van der Waals surface area contributed by atoms with Crippen molar-refractivity contribution in [3.05, 3.63) is 33.9 Å². The van der Waals surface area contributed by atoms with Gasteiger partial charge in [0.1, 0.15) is 0 Å². The summed E-state index contributed by atoms with van der Waals surface area (Å²) in [5.41, 5.74) is 1.74. The van der Waals surface area contributed by atoms with Crippen LogP contribution >= 0.6 is 15.9 Å². The van der Waals surface area contributed by atoms with E-state index in [1.807, 2.05) is 0 Å². The molecule has 0 N–H and O–H groups in total. The zero-order valence-corrected chi connectivity index (χ0v) is 13.9. The van der Waals surface area contributed by atoms with Crippen molar-refractivity contribution >= 4 is 33.2 Å². The largest absolute Gasteiger partial charge is 0.312 e. The summed E-state index contributed by atoms with van der Waals surface area (Å²) in [4.78, 5) is 24.7. The van der Waals surface area contributed by atoms with Gasteiger partial charge in [0.15, 0.2) is 0 Å². The van der Waals surface area contributed by atoms with E-state index in [0.29, 0.717) is 19.4 Å². The number of carbonyl (C=O) groups is 1. The molecule has 1 aliphatic rings. The van der Waals surface area contributed by atoms with Crippen molar-refractivity contribution in [1.82, 2.24) is 0 Å². The fraction of sp³-hybridized carbons (Fsp3) is 0.533. The van der Waals surface area contributed by atoms with Crippen LogP contribution in [-0.2, 0) is 11.2 Å². The molecule has 1 heterocycles. The Morgan fingerprint density at radius 1 is 1.38 bits per heavy atom. The number of nitro benzene ring substituents is 1. The minimum Gasteiger partial charge on any atom is -0.312 e. The predicted octanol–water partition coefficient (Wildman–Crippen LogP) is 3.69. The highest BCUT2D eigenvalue weighted by atomic mass is 79.9. The normalized spacial score (nSPS) is 15.6. The van der Waals surface area contributed by atoms with E-state index in [4.69, 9.17) is 0 Å². The number of anilines is 1. The van der Waals surface area contributed by atoms with Gasteiger partial charge in [-0.3, -0.25) is 14.9 Å². The van der Waals surface area contributed by atoms with Crippen LogP contribution in [0.1, 0.15) is 32.3 Å². The Kier molecular flexibility index (Phi) is 4.66. The molecule has 0 aromatic heterocycles. The average Bonchev–Trinajstić information content (AvgIpc) is 2.58. The van der Waals surface area contributed by atoms with Gasteiger partial charge in [-0.2, -0.15) is 0 Å². The maximum atomic E-state index is 12.4. The number of fused-ring (bicyclic) bond motifs is 1. The molecule has 0 atom stereocenters. The molecule has 0 radical (unpaired) electrons. The van der Waals surface area contributed by atoms with Crippen LogP contribution in [-0.4, -0.2) is 22.7 Å². The van der Waals surface area contributed by atoms with Crippen LogP contribution in [0.15, 0.2) is 18.2 Å². The third-order valence-electron chi connectivity index (χ3n) is 3.65. The van der Waals surface area contributed by atoms with E-state index >= 15 is 0 Å². The number of benzene rings is 1. The number of hydrogen-bond donors (Lipinski definition) is 0. The third kappa shape index (κ3) is 3.61. The molecule has 0 fully saturated rings. The van der Waals surface area contributed by atoms with Crippen molar-refractivity contribution in [2.24, 2.45) is 5.41 Å². The van der Waals surface area contributed by atoms with Crippen molar-refractivity contribution in [2.45, 2.75) is 33.1 Å². The summed E-state index contributed by atoms with van der Waals surface area (Å²) in [6, 6.07) is 4.79. The summed E-state index contributed by atoms with van der Waals surface area (Å²) in [5.74, 6) is 0.0941. The Labute approximate surface area is 132 Å². The van der Waals surface area contributed by atoms with Crippen LogP contribution in [0.25, 0.3) is 0 Å². The first kappa shape index (κ1) is 15.9. The van der Waals surface area contributed by atoms with E-state index in [-0.39, 0.29) is 21.9 Å². The Morgan fingerprint density at radius 3 is 2.71 bits per heavy atom. The first-order chi connectivity index (χ1) is 9.84. The molecule has 0 saturated heterocycles. The second-order valence-corrected chi connectivity index (χ2v) is 6.76. The molecule has 0 bridgehead atoms.